The summed E-state index contributed by atoms with van der Waals surface area (Å²) < 4.78 is 0. The van der Waals surface area contributed by atoms with Crippen LogP contribution in [-0.4, -0.2) is 67.3 Å². The maximum Gasteiger partial charge on any atom is 0.243 e. The van der Waals surface area contributed by atoms with Gasteiger partial charge in [-0.2, -0.15) is 0 Å². The van der Waals surface area contributed by atoms with Gasteiger partial charge in [0.15, 0.2) is 0 Å². The summed E-state index contributed by atoms with van der Waals surface area (Å²) in [5.41, 5.74) is 2.72. The number of amides is 3. The van der Waals surface area contributed by atoms with E-state index in [2.05, 4.69) is 10.6 Å². The molecule has 0 saturated heterocycles. The minimum absolute atomic E-state index is 0.0157. The van der Waals surface area contributed by atoms with Crippen molar-refractivity contribution in [1.82, 2.24) is 15.1 Å². The average Bonchev–Trinajstić information content (AvgIpc) is 2.57. The Morgan fingerprint density at radius 2 is 1.54 bits per heavy atom. The van der Waals surface area contributed by atoms with Crippen LogP contribution in [0.2, 0.25) is 0 Å². The van der Waals surface area contributed by atoms with Gasteiger partial charge in [0.05, 0.1) is 19.6 Å². The van der Waals surface area contributed by atoms with E-state index in [0.717, 1.165) is 16.8 Å². The van der Waals surface area contributed by atoms with Gasteiger partial charge in [-0.3, -0.25) is 19.3 Å². The summed E-state index contributed by atoms with van der Waals surface area (Å²) in [6, 6.07) is 5.77. The van der Waals surface area contributed by atoms with Gasteiger partial charge in [-0.25, -0.2) is 0 Å². The van der Waals surface area contributed by atoms with Gasteiger partial charge in [0.1, 0.15) is 0 Å². The highest BCUT2D eigenvalue weighted by molar-refractivity contribution is 5.96. The number of hydrogen-bond acceptors (Lipinski definition) is 4. The SMILES string of the molecule is CCN(CC)C(=O)CN(C)CC(=O)NCC(=O)Nc1c(C)cccc1C. The highest BCUT2D eigenvalue weighted by atomic mass is 16.2. The summed E-state index contributed by atoms with van der Waals surface area (Å²) in [5, 5.41) is 5.41. The fraction of sp³-hybridized carbons (Fsp3) is 0.526. The second-order valence-corrected chi connectivity index (χ2v) is 6.33. The number of benzene rings is 1. The van der Waals surface area contributed by atoms with Crippen LogP contribution in [0.4, 0.5) is 5.69 Å². The number of likely N-dealkylation sites (N-methyl/N-ethyl adjacent to an activating group) is 2. The molecule has 0 aromatic heterocycles. The third-order valence-corrected chi connectivity index (χ3v) is 4.13. The maximum absolute atomic E-state index is 12.1. The lowest BCUT2D eigenvalue weighted by Gasteiger charge is -2.22. The molecule has 0 fully saturated rings. The first kappa shape index (κ1) is 21.6. The molecule has 0 bridgehead atoms. The topological polar surface area (TPSA) is 81.8 Å². The van der Waals surface area contributed by atoms with Crippen molar-refractivity contribution in [3.8, 4) is 0 Å². The summed E-state index contributed by atoms with van der Waals surface area (Å²) >= 11 is 0. The summed E-state index contributed by atoms with van der Waals surface area (Å²) in [4.78, 5) is 39.4. The first-order chi connectivity index (χ1) is 12.3. The van der Waals surface area contributed by atoms with Gasteiger partial charge in [0.25, 0.3) is 0 Å². The van der Waals surface area contributed by atoms with Gasteiger partial charge >= 0.3 is 0 Å². The zero-order valence-electron chi connectivity index (χ0n) is 16.4. The highest BCUT2D eigenvalue weighted by Gasteiger charge is 2.15. The van der Waals surface area contributed by atoms with Crippen molar-refractivity contribution in [2.45, 2.75) is 27.7 Å². The molecule has 0 heterocycles. The Bertz CT molecular complexity index is 621. The van der Waals surface area contributed by atoms with Crippen molar-refractivity contribution in [3.63, 3.8) is 0 Å². The van der Waals surface area contributed by atoms with E-state index in [9.17, 15) is 14.4 Å². The molecule has 7 heteroatoms. The van der Waals surface area contributed by atoms with Crippen molar-refractivity contribution >= 4 is 23.4 Å². The molecule has 0 atom stereocenters. The number of para-hydroxylation sites is 1. The summed E-state index contributed by atoms with van der Waals surface area (Å²) in [6.07, 6.45) is 0. The van der Waals surface area contributed by atoms with Crippen LogP contribution in [0.5, 0.6) is 0 Å². The number of hydrogen-bond donors (Lipinski definition) is 2. The van der Waals surface area contributed by atoms with E-state index in [1.165, 1.54) is 0 Å². The maximum atomic E-state index is 12.1. The largest absolute Gasteiger partial charge is 0.346 e. The Balaban J connectivity index is 2.41. The molecular formula is C19H30N4O3. The van der Waals surface area contributed by atoms with Gasteiger partial charge in [-0.15, -0.1) is 0 Å². The van der Waals surface area contributed by atoms with Crippen LogP contribution in [-0.2, 0) is 14.4 Å². The molecule has 0 radical (unpaired) electrons. The fourth-order valence-corrected chi connectivity index (χ4v) is 2.64. The molecule has 0 aliphatic carbocycles. The third-order valence-electron chi connectivity index (χ3n) is 4.13. The zero-order chi connectivity index (χ0) is 19.7. The van der Waals surface area contributed by atoms with E-state index >= 15 is 0 Å². The molecule has 7 nitrogen and oxygen atoms in total. The number of nitrogens with one attached hydrogen (secondary N) is 2. The van der Waals surface area contributed by atoms with E-state index in [4.69, 9.17) is 0 Å². The Kier molecular flexibility index (Phi) is 8.78. The van der Waals surface area contributed by atoms with Crippen molar-refractivity contribution < 1.29 is 14.4 Å². The van der Waals surface area contributed by atoms with Gasteiger partial charge in [-0.05, 0) is 45.9 Å². The second kappa shape index (κ2) is 10.6. The van der Waals surface area contributed by atoms with Crippen LogP contribution in [0, 0.1) is 13.8 Å². The molecule has 1 aromatic rings. The molecule has 2 N–H and O–H groups in total. The van der Waals surface area contributed by atoms with Crippen LogP contribution < -0.4 is 10.6 Å². The summed E-state index contributed by atoms with van der Waals surface area (Å²) in [7, 11) is 1.71. The van der Waals surface area contributed by atoms with Gasteiger partial charge in [0.2, 0.25) is 17.7 Å². The molecule has 0 saturated carbocycles. The summed E-state index contributed by atoms with van der Waals surface area (Å²) in [5.74, 6) is -0.591. The van der Waals surface area contributed by atoms with Gasteiger partial charge in [-0.1, -0.05) is 18.2 Å². The van der Waals surface area contributed by atoms with Crippen LogP contribution in [0.1, 0.15) is 25.0 Å². The molecule has 0 aliphatic heterocycles. The quantitative estimate of drug-likeness (QED) is 0.691. The van der Waals surface area contributed by atoms with E-state index < -0.39 is 0 Å². The third kappa shape index (κ3) is 6.84. The van der Waals surface area contributed by atoms with E-state index in [0.29, 0.717) is 13.1 Å². The molecule has 1 rings (SSSR count). The molecule has 3 amide bonds. The predicted octanol–water partition coefficient (Wildman–Crippen LogP) is 1.16. The zero-order valence-corrected chi connectivity index (χ0v) is 16.4. The number of aryl methyl sites for hydroxylation is 2. The van der Waals surface area contributed by atoms with Crippen LogP contribution in [0.3, 0.4) is 0 Å². The van der Waals surface area contributed by atoms with E-state index in [-0.39, 0.29) is 37.4 Å². The van der Waals surface area contributed by atoms with Gasteiger partial charge < -0.3 is 15.5 Å². The molecule has 144 valence electrons. The lowest BCUT2D eigenvalue weighted by atomic mass is 10.1. The molecule has 0 unspecified atom stereocenters. The van der Waals surface area contributed by atoms with Crippen LogP contribution >= 0.6 is 0 Å². The minimum Gasteiger partial charge on any atom is -0.346 e. The lowest BCUT2D eigenvalue weighted by Crippen LogP contribution is -2.43. The second-order valence-electron chi connectivity index (χ2n) is 6.33. The van der Waals surface area contributed by atoms with Crippen LogP contribution in [0.25, 0.3) is 0 Å². The van der Waals surface area contributed by atoms with Gasteiger partial charge in [0, 0.05) is 18.8 Å². The predicted molar refractivity (Wildman–Crippen MR) is 103 cm³/mol. The lowest BCUT2D eigenvalue weighted by molar-refractivity contribution is -0.132. The normalized spacial score (nSPS) is 10.5. The number of nitrogens with zero attached hydrogens (tertiary/aromatic N) is 2. The number of carbonyl (C=O) groups is 3. The van der Waals surface area contributed by atoms with Crippen molar-refractivity contribution in [2.24, 2.45) is 0 Å². The van der Waals surface area contributed by atoms with Crippen molar-refractivity contribution in [2.75, 3.05) is 45.1 Å². The number of anilines is 1. The molecule has 0 aliphatic rings. The van der Waals surface area contributed by atoms with Crippen molar-refractivity contribution in [1.29, 1.82) is 0 Å². The molecule has 0 spiro atoms. The average molecular weight is 362 g/mol. The van der Waals surface area contributed by atoms with Crippen LogP contribution in [0.15, 0.2) is 18.2 Å². The Labute approximate surface area is 155 Å². The Hall–Kier alpha value is -2.41. The molecule has 1 aromatic carbocycles. The summed E-state index contributed by atoms with van der Waals surface area (Å²) in [6.45, 7) is 9.09. The van der Waals surface area contributed by atoms with E-state index in [1.807, 2.05) is 45.9 Å². The van der Waals surface area contributed by atoms with Crippen molar-refractivity contribution in [3.05, 3.63) is 29.3 Å². The first-order valence-electron chi connectivity index (χ1n) is 8.87. The number of rotatable bonds is 9. The van der Waals surface area contributed by atoms with E-state index in [1.54, 1.807) is 16.8 Å². The monoisotopic (exact) mass is 362 g/mol. The number of carbonyl (C=O) groups excluding carboxylic acids is 3. The highest BCUT2D eigenvalue weighted by Crippen LogP contribution is 2.18. The fourth-order valence-electron chi connectivity index (χ4n) is 2.64. The Morgan fingerprint density at radius 1 is 0.962 bits per heavy atom. The first-order valence-corrected chi connectivity index (χ1v) is 8.87. The minimum atomic E-state index is -0.295. The smallest absolute Gasteiger partial charge is 0.243 e. The molecule has 26 heavy (non-hydrogen) atoms. The standard InChI is InChI=1S/C19H30N4O3/c1-6-23(7-2)18(26)13-22(5)12-17(25)20-11-16(24)21-19-14(3)9-8-10-15(19)4/h8-10H,6-7,11-13H2,1-5H3,(H,20,25)(H,21,24). The molecular weight excluding hydrogens is 332 g/mol. The Morgan fingerprint density at radius 3 is 2.08 bits per heavy atom.